The quantitative estimate of drug-likeness (QED) is 0.684. The van der Waals surface area contributed by atoms with Crippen molar-refractivity contribution in [3.8, 4) is 5.75 Å². The van der Waals surface area contributed by atoms with Crippen molar-refractivity contribution in [2.24, 2.45) is 11.3 Å². The van der Waals surface area contributed by atoms with Crippen molar-refractivity contribution in [1.82, 2.24) is 4.90 Å². The van der Waals surface area contributed by atoms with Crippen LogP contribution in [0.4, 0.5) is 5.69 Å². The van der Waals surface area contributed by atoms with Gasteiger partial charge in [0, 0.05) is 38.9 Å². The van der Waals surface area contributed by atoms with Gasteiger partial charge in [-0.15, -0.1) is 0 Å². The third-order valence-corrected chi connectivity index (χ3v) is 5.96. The monoisotopic (exact) mass is 374 g/mol. The number of piperidine rings is 1. The van der Waals surface area contributed by atoms with Crippen molar-refractivity contribution in [2.75, 3.05) is 44.9 Å². The number of rotatable bonds is 7. The highest BCUT2D eigenvalue weighted by Crippen LogP contribution is 2.43. The molecule has 0 N–H and O–H groups in total. The predicted octanol–water partition coefficient (Wildman–Crippen LogP) is 3.58. The summed E-state index contributed by atoms with van der Waals surface area (Å²) in [6.45, 7) is 10.7. The van der Waals surface area contributed by atoms with E-state index in [1.165, 1.54) is 12.1 Å². The average molecular weight is 375 g/mol. The highest BCUT2D eigenvalue weighted by Gasteiger charge is 2.46. The van der Waals surface area contributed by atoms with Gasteiger partial charge in [0.25, 0.3) is 0 Å². The van der Waals surface area contributed by atoms with E-state index in [-0.39, 0.29) is 5.41 Å². The van der Waals surface area contributed by atoms with Gasteiger partial charge < -0.3 is 19.3 Å². The second-order valence-electron chi connectivity index (χ2n) is 8.61. The van der Waals surface area contributed by atoms with E-state index in [1.54, 1.807) is 7.11 Å². The largest absolute Gasteiger partial charge is 0.491 e. The van der Waals surface area contributed by atoms with Gasteiger partial charge in [-0.3, -0.25) is 4.79 Å². The lowest BCUT2D eigenvalue weighted by atomic mass is 9.73. The molecule has 3 aliphatic rings. The van der Waals surface area contributed by atoms with Gasteiger partial charge in [0.15, 0.2) is 0 Å². The van der Waals surface area contributed by atoms with Gasteiger partial charge in [0.2, 0.25) is 5.91 Å². The van der Waals surface area contributed by atoms with Crippen LogP contribution in [0.2, 0.25) is 0 Å². The summed E-state index contributed by atoms with van der Waals surface area (Å²) in [5.41, 5.74) is 1.42. The smallest absolute Gasteiger partial charge is 0.222 e. The first kappa shape index (κ1) is 20.0. The highest BCUT2D eigenvalue weighted by molar-refractivity contribution is 5.76. The second-order valence-corrected chi connectivity index (χ2v) is 8.61. The van der Waals surface area contributed by atoms with Crippen molar-refractivity contribution in [2.45, 2.75) is 46.1 Å². The fourth-order valence-corrected chi connectivity index (χ4v) is 4.67. The van der Waals surface area contributed by atoms with E-state index < -0.39 is 0 Å². The van der Waals surface area contributed by atoms with Gasteiger partial charge in [-0.05, 0) is 48.4 Å². The number of ether oxygens (including phenoxy) is 2. The Morgan fingerprint density at radius 2 is 1.89 bits per heavy atom. The zero-order chi connectivity index (χ0) is 19.4. The molecule has 0 saturated carbocycles. The summed E-state index contributed by atoms with van der Waals surface area (Å²) in [6, 6.07) is 8.72. The van der Waals surface area contributed by atoms with E-state index >= 15 is 0 Å². The molecule has 3 saturated heterocycles. The van der Waals surface area contributed by atoms with Crippen molar-refractivity contribution in [3.63, 3.8) is 0 Å². The average Bonchev–Trinajstić information content (AvgIpc) is 2.90. The third kappa shape index (κ3) is 4.57. The molecule has 0 aliphatic carbocycles. The maximum absolute atomic E-state index is 12.6. The molecule has 1 aromatic rings. The van der Waals surface area contributed by atoms with E-state index in [4.69, 9.17) is 9.47 Å². The van der Waals surface area contributed by atoms with E-state index in [2.05, 4.69) is 42.7 Å². The van der Waals surface area contributed by atoms with Crippen molar-refractivity contribution in [3.05, 3.63) is 24.3 Å². The van der Waals surface area contributed by atoms with Gasteiger partial charge in [-0.2, -0.15) is 0 Å². The van der Waals surface area contributed by atoms with Gasteiger partial charge in [-0.25, -0.2) is 0 Å². The number of carbonyl (C=O) groups excluding carboxylic acids is 1. The number of carbonyl (C=O) groups is 1. The molecule has 3 fully saturated rings. The van der Waals surface area contributed by atoms with Crippen molar-refractivity contribution >= 4 is 11.6 Å². The molecule has 0 radical (unpaired) electrons. The fraction of sp³-hybridized carbons (Fsp3) is 0.682. The summed E-state index contributed by atoms with van der Waals surface area (Å²) < 4.78 is 10.7. The molecule has 4 rings (SSSR count). The second kappa shape index (κ2) is 8.51. The van der Waals surface area contributed by atoms with Crippen LogP contribution in [0.15, 0.2) is 24.3 Å². The van der Waals surface area contributed by atoms with Crippen LogP contribution in [0.3, 0.4) is 0 Å². The first-order valence-electron chi connectivity index (χ1n) is 10.2. The summed E-state index contributed by atoms with van der Waals surface area (Å²) in [6.07, 6.45) is 2.76. The minimum Gasteiger partial charge on any atom is -0.491 e. The third-order valence-electron chi connectivity index (χ3n) is 5.96. The van der Waals surface area contributed by atoms with Crippen LogP contribution in [0.5, 0.6) is 5.75 Å². The minimum atomic E-state index is 0.192. The summed E-state index contributed by atoms with van der Waals surface area (Å²) in [4.78, 5) is 17.2. The van der Waals surface area contributed by atoms with Crippen LogP contribution >= 0.6 is 0 Å². The molecule has 1 aromatic carbocycles. The van der Waals surface area contributed by atoms with Crippen LogP contribution in [0.25, 0.3) is 0 Å². The van der Waals surface area contributed by atoms with E-state index in [9.17, 15) is 4.79 Å². The van der Waals surface area contributed by atoms with Crippen LogP contribution in [-0.2, 0) is 9.53 Å². The summed E-state index contributed by atoms with van der Waals surface area (Å²) in [7, 11) is 1.68. The van der Waals surface area contributed by atoms with Gasteiger partial charge in [0.1, 0.15) is 12.4 Å². The Hall–Kier alpha value is -1.75. The van der Waals surface area contributed by atoms with Crippen molar-refractivity contribution < 1.29 is 14.3 Å². The molecule has 1 amide bonds. The first-order chi connectivity index (χ1) is 12.9. The maximum Gasteiger partial charge on any atom is 0.222 e. The molecule has 2 bridgehead atoms. The number of methoxy groups -OCH3 is 1. The maximum atomic E-state index is 12.6. The van der Waals surface area contributed by atoms with E-state index in [1.807, 2.05) is 12.1 Å². The zero-order valence-corrected chi connectivity index (χ0v) is 17.2. The Morgan fingerprint density at radius 3 is 2.56 bits per heavy atom. The number of benzene rings is 1. The number of hydrogen-bond donors (Lipinski definition) is 0. The molecule has 2 atom stereocenters. The lowest BCUT2D eigenvalue weighted by Crippen LogP contribution is -2.54. The van der Waals surface area contributed by atoms with Crippen LogP contribution in [-0.4, -0.2) is 56.8 Å². The summed E-state index contributed by atoms with van der Waals surface area (Å²) >= 11 is 0. The lowest BCUT2D eigenvalue weighted by Gasteiger charge is -2.48. The zero-order valence-electron chi connectivity index (χ0n) is 17.2. The molecule has 150 valence electrons. The summed E-state index contributed by atoms with van der Waals surface area (Å²) in [5, 5.41) is 0. The number of nitrogens with zero attached hydrogens (tertiary/aromatic N) is 2. The van der Waals surface area contributed by atoms with Gasteiger partial charge in [-0.1, -0.05) is 20.8 Å². The number of amides is 1. The Morgan fingerprint density at radius 1 is 1.15 bits per heavy atom. The Kier molecular flexibility index (Phi) is 6.30. The Labute approximate surface area is 163 Å². The normalized spacial score (nSPS) is 24.0. The SMILES string of the molecule is CCCC(=O)N1CC2CN(c3ccc(OCCOC)cc3)C(C1)C(C)(C)C2. The summed E-state index contributed by atoms with van der Waals surface area (Å²) in [5.74, 6) is 1.71. The molecule has 27 heavy (non-hydrogen) atoms. The molecule has 3 heterocycles. The molecule has 2 unspecified atom stereocenters. The fourth-order valence-electron chi connectivity index (χ4n) is 4.67. The van der Waals surface area contributed by atoms with E-state index in [0.29, 0.717) is 37.5 Å². The highest BCUT2D eigenvalue weighted by atomic mass is 16.5. The molecule has 3 aliphatic heterocycles. The number of anilines is 1. The van der Waals surface area contributed by atoms with Crippen molar-refractivity contribution in [1.29, 1.82) is 0 Å². The molecular formula is C22H34N2O3. The molecule has 0 spiro atoms. The molecule has 5 heteroatoms. The Balaban J connectivity index is 1.77. The first-order valence-corrected chi connectivity index (χ1v) is 10.2. The Bertz CT molecular complexity index is 629. The molecular weight excluding hydrogens is 340 g/mol. The van der Waals surface area contributed by atoms with E-state index in [0.717, 1.165) is 31.8 Å². The van der Waals surface area contributed by atoms with Crippen LogP contribution in [0.1, 0.15) is 40.0 Å². The van der Waals surface area contributed by atoms with Crippen LogP contribution < -0.4 is 9.64 Å². The lowest BCUT2D eigenvalue weighted by molar-refractivity contribution is -0.131. The van der Waals surface area contributed by atoms with Gasteiger partial charge in [0.05, 0.1) is 12.6 Å². The molecule has 5 nitrogen and oxygen atoms in total. The predicted molar refractivity (Wildman–Crippen MR) is 108 cm³/mol. The number of hydrogen-bond acceptors (Lipinski definition) is 4. The van der Waals surface area contributed by atoms with Crippen LogP contribution in [0, 0.1) is 11.3 Å². The van der Waals surface area contributed by atoms with Gasteiger partial charge >= 0.3 is 0 Å². The molecule has 0 aromatic heterocycles. The minimum absolute atomic E-state index is 0.192. The topological polar surface area (TPSA) is 42.0 Å². The number of fused-ring (bicyclic) bond motifs is 4. The standard InChI is InChI=1S/C22H34N2O3/c1-5-6-21(25)23-14-17-13-22(2,3)20(16-23)24(15-17)18-7-9-19(10-8-18)27-12-11-26-4/h7-10,17,20H,5-6,11-16H2,1-4H3.